The molecular weight excluding hydrogens is 346 g/mol. The molecule has 1 aromatic heterocycles. The van der Waals surface area contributed by atoms with Gasteiger partial charge in [-0.3, -0.25) is 4.79 Å². The van der Waals surface area contributed by atoms with E-state index in [0.717, 1.165) is 23.0 Å². The maximum absolute atomic E-state index is 12.1. The van der Waals surface area contributed by atoms with E-state index in [1.807, 2.05) is 30.3 Å². The number of nitrogens with one attached hydrogen (secondary N) is 1. The number of fused-ring (bicyclic) bond motifs is 1. The molecule has 0 saturated carbocycles. The van der Waals surface area contributed by atoms with Crippen LogP contribution in [-0.4, -0.2) is 16.7 Å². The highest BCUT2D eigenvalue weighted by Gasteiger charge is 2.08. The molecule has 0 fully saturated rings. The molecule has 0 atom stereocenters. The molecule has 0 aliphatic heterocycles. The third-order valence-corrected chi connectivity index (χ3v) is 4.70. The van der Waals surface area contributed by atoms with E-state index in [4.69, 9.17) is 0 Å². The first-order chi connectivity index (χ1) is 13.7. The van der Waals surface area contributed by atoms with Gasteiger partial charge in [-0.1, -0.05) is 66.2 Å². The molecule has 1 amide bonds. The second-order valence-corrected chi connectivity index (χ2v) is 6.78. The molecule has 4 nitrogen and oxygen atoms in total. The van der Waals surface area contributed by atoms with Gasteiger partial charge in [0.15, 0.2) is 0 Å². The molecule has 3 aromatic carbocycles. The zero-order valence-electron chi connectivity index (χ0n) is 15.7. The SMILES string of the molecule is Cc1ccc(Cn2cc(/C=N\NC(=O)c3ccccc3)c3ccccc32)cc1. The zero-order chi connectivity index (χ0) is 19.3. The fourth-order valence-electron chi connectivity index (χ4n) is 3.21. The van der Waals surface area contributed by atoms with Crippen molar-refractivity contribution in [2.45, 2.75) is 13.5 Å². The van der Waals surface area contributed by atoms with E-state index >= 15 is 0 Å². The Bertz CT molecular complexity index is 1130. The summed E-state index contributed by atoms with van der Waals surface area (Å²) in [7, 11) is 0. The van der Waals surface area contributed by atoms with Crippen molar-refractivity contribution < 1.29 is 4.79 Å². The fourth-order valence-corrected chi connectivity index (χ4v) is 3.21. The minimum atomic E-state index is -0.222. The maximum atomic E-state index is 12.1. The van der Waals surface area contributed by atoms with Crippen LogP contribution in [-0.2, 0) is 6.54 Å². The Labute approximate surface area is 164 Å². The van der Waals surface area contributed by atoms with Crippen molar-refractivity contribution in [2.75, 3.05) is 0 Å². The van der Waals surface area contributed by atoms with Crippen LogP contribution in [0.4, 0.5) is 0 Å². The lowest BCUT2D eigenvalue weighted by molar-refractivity contribution is 0.0955. The lowest BCUT2D eigenvalue weighted by atomic mass is 10.1. The Morgan fingerprint density at radius 1 is 0.964 bits per heavy atom. The predicted molar refractivity (Wildman–Crippen MR) is 114 cm³/mol. The van der Waals surface area contributed by atoms with Crippen molar-refractivity contribution in [1.29, 1.82) is 0 Å². The maximum Gasteiger partial charge on any atom is 0.271 e. The number of para-hydroxylation sites is 1. The Balaban J connectivity index is 1.57. The van der Waals surface area contributed by atoms with Crippen molar-refractivity contribution in [3.05, 3.63) is 107 Å². The lowest BCUT2D eigenvalue weighted by Crippen LogP contribution is -2.17. The number of rotatable bonds is 5. The molecule has 1 heterocycles. The second kappa shape index (κ2) is 7.92. The summed E-state index contributed by atoms with van der Waals surface area (Å²) in [5.41, 5.74) is 7.79. The summed E-state index contributed by atoms with van der Waals surface area (Å²) in [6.07, 6.45) is 3.78. The van der Waals surface area contributed by atoms with Crippen LogP contribution in [0.25, 0.3) is 10.9 Å². The van der Waals surface area contributed by atoms with Crippen molar-refractivity contribution >= 4 is 23.0 Å². The molecule has 0 bridgehead atoms. The summed E-state index contributed by atoms with van der Waals surface area (Å²) in [6.45, 7) is 2.87. The smallest absolute Gasteiger partial charge is 0.271 e. The van der Waals surface area contributed by atoms with Crippen LogP contribution in [0.3, 0.4) is 0 Å². The highest BCUT2D eigenvalue weighted by Crippen LogP contribution is 2.21. The number of aromatic nitrogens is 1. The summed E-state index contributed by atoms with van der Waals surface area (Å²) in [6, 6.07) is 25.8. The fraction of sp³-hybridized carbons (Fsp3) is 0.0833. The number of carbonyl (C=O) groups is 1. The average molecular weight is 367 g/mol. The molecule has 4 aromatic rings. The van der Waals surface area contributed by atoms with Gasteiger partial charge in [0, 0.05) is 34.8 Å². The van der Waals surface area contributed by atoms with Gasteiger partial charge in [-0.25, -0.2) is 5.43 Å². The predicted octanol–water partition coefficient (Wildman–Crippen LogP) is 4.76. The highest BCUT2D eigenvalue weighted by atomic mass is 16.2. The molecule has 0 unspecified atom stereocenters. The minimum Gasteiger partial charge on any atom is -0.342 e. The largest absolute Gasteiger partial charge is 0.342 e. The van der Waals surface area contributed by atoms with Crippen LogP contribution in [0.1, 0.15) is 27.0 Å². The summed E-state index contributed by atoms with van der Waals surface area (Å²) in [4.78, 5) is 12.1. The molecule has 0 aliphatic carbocycles. The highest BCUT2D eigenvalue weighted by molar-refractivity contribution is 6.00. The molecule has 0 spiro atoms. The summed E-state index contributed by atoms with van der Waals surface area (Å²) in [5.74, 6) is -0.222. The molecule has 1 N–H and O–H groups in total. The van der Waals surface area contributed by atoms with Crippen LogP contribution in [0.2, 0.25) is 0 Å². The first-order valence-corrected chi connectivity index (χ1v) is 9.22. The van der Waals surface area contributed by atoms with Gasteiger partial charge in [-0.15, -0.1) is 0 Å². The average Bonchev–Trinajstić information content (AvgIpc) is 3.08. The third-order valence-electron chi connectivity index (χ3n) is 4.70. The van der Waals surface area contributed by atoms with E-state index < -0.39 is 0 Å². The summed E-state index contributed by atoms with van der Waals surface area (Å²) < 4.78 is 2.21. The van der Waals surface area contributed by atoms with Crippen LogP contribution >= 0.6 is 0 Å². The molecule has 138 valence electrons. The molecule has 28 heavy (non-hydrogen) atoms. The van der Waals surface area contributed by atoms with E-state index in [0.29, 0.717) is 5.56 Å². The van der Waals surface area contributed by atoms with E-state index in [1.165, 1.54) is 11.1 Å². The number of nitrogens with zero attached hydrogens (tertiary/aromatic N) is 2. The molecule has 4 rings (SSSR count). The van der Waals surface area contributed by atoms with Crippen LogP contribution in [0.5, 0.6) is 0 Å². The first-order valence-electron chi connectivity index (χ1n) is 9.22. The van der Waals surface area contributed by atoms with Gasteiger partial charge in [0.1, 0.15) is 0 Å². The zero-order valence-corrected chi connectivity index (χ0v) is 15.7. The topological polar surface area (TPSA) is 46.4 Å². The molecule has 0 aliphatic rings. The summed E-state index contributed by atoms with van der Waals surface area (Å²) in [5, 5.41) is 5.27. The van der Waals surface area contributed by atoms with Gasteiger partial charge >= 0.3 is 0 Å². The number of hydrogen-bond acceptors (Lipinski definition) is 2. The van der Waals surface area contributed by atoms with Crippen molar-refractivity contribution in [2.24, 2.45) is 5.10 Å². The molecular formula is C24H21N3O. The van der Waals surface area contributed by atoms with E-state index in [-0.39, 0.29) is 5.91 Å². The van der Waals surface area contributed by atoms with Gasteiger partial charge in [-0.05, 0) is 30.7 Å². The number of benzene rings is 3. The van der Waals surface area contributed by atoms with Crippen LogP contribution in [0.15, 0.2) is 90.2 Å². The number of amides is 1. The minimum absolute atomic E-state index is 0.222. The van der Waals surface area contributed by atoms with Gasteiger partial charge < -0.3 is 4.57 Å². The van der Waals surface area contributed by atoms with Crippen molar-refractivity contribution in [3.8, 4) is 0 Å². The normalized spacial score (nSPS) is 11.2. The van der Waals surface area contributed by atoms with Crippen molar-refractivity contribution in [1.82, 2.24) is 9.99 Å². The van der Waals surface area contributed by atoms with Gasteiger partial charge in [0.2, 0.25) is 0 Å². The van der Waals surface area contributed by atoms with Crippen LogP contribution < -0.4 is 5.43 Å². The van der Waals surface area contributed by atoms with Gasteiger partial charge in [0.05, 0.1) is 6.21 Å². The Morgan fingerprint density at radius 3 is 2.46 bits per heavy atom. The number of aryl methyl sites for hydroxylation is 1. The van der Waals surface area contributed by atoms with Crippen LogP contribution in [0, 0.1) is 6.92 Å². The van der Waals surface area contributed by atoms with Gasteiger partial charge in [-0.2, -0.15) is 5.10 Å². The lowest BCUT2D eigenvalue weighted by Gasteiger charge is -2.06. The monoisotopic (exact) mass is 367 g/mol. The number of hydrazone groups is 1. The Hall–Kier alpha value is -3.66. The molecule has 0 radical (unpaired) electrons. The van der Waals surface area contributed by atoms with E-state index in [9.17, 15) is 4.79 Å². The Morgan fingerprint density at radius 2 is 1.68 bits per heavy atom. The van der Waals surface area contributed by atoms with E-state index in [1.54, 1.807) is 18.3 Å². The first kappa shape index (κ1) is 17.7. The van der Waals surface area contributed by atoms with Crippen molar-refractivity contribution in [3.63, 3.8) is 0 Å². The number of hydrogen-bond donors (Lipinski definition) is 1. The molecule has 0 saturated heterocycles. The van der Waals surface area contributed by atoms with Gasteiger partial charge in [0.25, 0.3) is 5.91 Å². The molecule has 4 heteroatoms. The third kappa shape index (κ3) is 3.86. The quantitative estimate of drug-likeness (QED) is 0.401. The number of carbonyl (C=O) groups excluding carboxylic acids is 1. The standard InChI is InChI=1S/C24H21N3O/c1-18-11-13-19(14-12-18)16-27-17-21(22-9-5-6-10-23(22)27)15-25-26-24(28)20-7-3-2-4-8-20/h2-15,17H,16H2,1H3,(H,26,28)/b25-15-. The van der Waals surface area contributed by atoms with E-state index in [2.05, 4.69) is 64.6 Å². The second-order valence-electron chi connectivity index (χ2n) is 6.78. The summed E-state index contributed by atoms with van der Waals surface area (Å²) >= 11 is 0. The Kier molecular flexibility index (Phi) is 5.02.